The molecular weight excluding hydrogens is 280 g/mol. The van der Waals surface area contributed by atoms with Crippen molar-refractivity contribution in [2.45, 2.75) is 46.2 Å². The predicted molar refractivity (Wildman–Crippen MR) is 85.6 cm³/mol. The minimum Gasteiger partial charge on any atom is -0.396 e. The minimum atomic E-state index is -0.142. The summed E-state index contributed by atoms with van der Waals surface area (Å²) in [6.07, 6.45) is 4.77. The average molecular weight is 304 g/mol. The largest absolute Gasteiger partial charge is 0.396 e. The summed E-state index contributed by atoms with van der Waals surface area (Å²) < 4.78 is 1.87. The van der Waals surface area contributed by atoms with Crippen LogP contribution in [-0.2, 0) is 6.54 Å². The maximum Gasteiger partial charge on any atom is 0.253 e. The second-order valence-corrected chi connectivity index (χ2v) is 6.10. The molecule has 0 spiro atoms. The number of hydrogen-bond acceptors (Lipinski definition) is 4. The molecule has 2 heterocycles. The first-order valence-corrected chi connectivity index (χ1v) is 7.74. The van der Waals surface area contributed by atoms with E-state index in [-0.39, 0.29) is 18.6 Å². The fraction of sp³-hybridized carbons (Fsp3) is 0.562. The van der Waals surface area contributed by atoms with Gasteiger partial charge in [-0.3, -0.25) is 4.79 Å². The van der Waals surface area contributed by atoms with Gasteiger partial charge in [0.15, 0.2) is 5.65 Å². The molecule has 2 rings (SSSR count). The van der Waals surface area contributed by atoms with Crippen LogP contribution >= 0.6 is 0 Å². The Morgan fingerprint density at radius 3 is 2.82 bits per heavy atom. The van der Waals surface area contributed by atoms with E-state index in [4.69, 9.17) is 5.11 Å². The van der Waals surface area contributed by atoms with E-state index in [2.05, 4.69) is 29.2 Å². The number of nitrogens with one attached hydrogen (secondary N) is 1. The van der Waals surface area contributed by atoms with Crippen molar-refractivity contribution in [1.82, 2.24) is 20.1 Å². The van der Waals surface area contributed by atoms with Gasteiger partial charge in [0.2, 0.25) is 0 Å². The number of rotatable bonds is 7. The highest BCUT2D eigenvalue weighted by atomic mass is 16.3. The summed E-state index contributed by atoms with van der Waals surface area (Å²) >= 11 is 0. The van der Waals surface area contributed by atoms with Crippen LogP contribution < -0.4 is 5.32 Å². The van der Waals surface area contributed by atoms with Crippen molar-refractivity contribution < 1.29 is 9.90 Å². The van der Waals surface area contributed by atoms with Crippen molar-refractivity contribution in [2.75, 3.05) is 6.61 Å². The van der Waals surface area contributed by atoms with Crippen molar-refractivity contribution in [3.63, 3.8) is 0 Å². The lowest BCUT2D eigenvalue weighted by molar-refractivity contribution is 0.0936. The first kappa shape index (κ1) is 16.4. The molecule has 2 N–H and O–H groups in total. The van der Waals surface area contributed by atoms with Crippen LogP contribution in [0, 0.1) is 5.92 Å². The fourth-order valence-electron chi connectivity index (χ4n) is 2.35. The summed E-state index contributed by atoms with van der Waals surface area (Å²) in [6.45, 7) is 7.13. The van der Waals surface area contributed by atoms with E-state index in [1.807, 2.05) is 17.7 Å². The second kappa shape index (κ2) is 7.35. The third-order valence-corrected chi connectivity index (χ3v) is 3.45. The van der Waals surface area contributed by atoms with Crippen LogP contribution in [-0.4, -0.2) is 38.4 Å². The lowest BCUT2D eigenvalue weighted by atomic mass is 10.1. The third-order valence-electron chi connectivity index (χ3n) is 3.45. The topological polar surface area (TPSA) is 80.0 Å². The molecular formula is C16H24N4O2. The van der Waals surface area contributed by atoms with Crippen molar-refractivity contribution in [3.05, 3.63) is 24.0 Å². The van der Waals surface area contributed by atoms with Gasteiger partial charge in [-0.15, -0.1) is 0 Å². The van der Waals surface area contributed by atoms with E-state index in [9.17, 15) is 4.79 Å². The van der Waals surface area contributed by atoms with Crippen molar-refractivity contribution in [3.8, 4) is 0 Å². The van der Waals surface area contributed by atoms with Crippen LogP contribution in [0.5, 0.6) is 0 Å². The van der Waals surface area contributed by atoms with Gasteiger partial charge in [-0.1, -0.05) is 13.8 Å². The maximum absolute atomic E-state index is 12.2. The highest BCUT2D eigenvalue weighted by Crippen LogP contribution is 2.14. The van der Waals surface area contributed by atoms with E-state index in [0.717, 1.165) is 24.0 Å². The van der Waals surface area contributed by atoms with Gasteiger partial charge >= 0.3 is 0 Å². The number of carbonyl (C=O) groups excluding carboxylic acids is 1. The molecule has 0 radical (unpaired) electrons. The summed E-state index contributed by atoms with van der Waals surface area (Å²) in [6, 6.07) is 1.85. The number of aliphatic hydroxyl groups is 1. The molecule has 6 nitrogen and oxygen atoms in total. The molecule has 0 bridgehead atoms. The molecule has 1 atom stereocenters. The predicted octanol–water partition coefficient (Wildman–Crippen LogP) is 1.98. The van der Waals surface area contributed by atoms with E-state index in [1.165, 1.54) is 0 Å². The van der Waals surface area contributed by atoms with Crippen molar-refractivity contribution in [1.29, 1.82) is 0 Å². The van der Waals surface area contributed by atoms with Gasteiger partial charge in [0, 0.05) is 30.8 Å². The van der Waals surface area contributed by atoms with Crippen LogP contribution in [0.2, 0.25) is 0 Å². The Bertz CT molecular complexity index is 636. The van der Waals surface area contributed by atoms with Crippen molar-refractivity contribution >= 4 is 16.9 Å². The average Bonchev–Trinajstić information content (AvgIpc) is 2.86. The summed E-state index contributed by atoms with van der Waals surface area (Å²) in [5.41, 5.74) is 1.34. The number of amides is 1. The third kappa shape index (κ3) is 4.04. The van der Waals surface area contributed by atoms with Crippen LogP contribution in [0.3, 0.4) is 0 Å². The van der Waals surface area contributed by atoms with E-state index in [1.54, 1.807) is 12.4 Å². The van der Waals surface area contributed by atoms with Gasteiger partial charge in [0.1, 0.15) is 0 Å². The zero-order valence-electron chi connectivity index (χ0n) is 13.4. The van der Waals surface area contributed by atoms with Gasteiger partial charge in [-0.2, -0.15) is 5.10 Å². The maximum atomic E-state index is 12.2. The zero-order chi connectivity index (χ0) is 16.1. The smallest absolute Gasteiger partial charge is 0.253 e. The van der Waals surface area contributed by atoms with Gasteiger partial charge in [-0.25, -0.2) is 9.67 Å². The van der Waals surface area contributed by atoms with Gasteiger partial charge in [-0.05, 0) is 31.7 Å². The van der Waals surface area contributed by atoms with E-state index >= 15 is 0 Å². The van der Waals surface area contributed by atoms with E-state index < -0.39 is 0 Å². The highest BCUT2D eigenvalue weighted by molar-refractivity contribution is 5.96. The van der Waals surface area contributed by atoms with Gasteiger partial charge in [0.05, 0.1) is 11.8 Å². The second-order valence-electron chi connectivity index (χ2n) is 6.10. The number of fused-ring (bicyclic) bond motifs is 1. The molecule has 0 saturated heterocycles. The van der Waals surface area contributed by atoms with Crippen molar-refractivity contribution in [2.24, 2.45) is 5.92 Å². The Kier molecular flexibility index (Phi) is 5.49. The molecule has 1 unspecified atom stereocenters. The fourth-order valence-corrected chi connectivity index (χ4v) is 2.35. The number of hydrogen-bond donors (Lipinski definition) is 2. The molecule has 0 aliphatic carbocycles. The van der Waals surface area contributed by atoms with Crippen LogP contribution in [0.1, 0.15) is 44.0 Å². The number of nitrogens with zero attached hydrogens (tertiary/aromatic N) is 3. The Balaban J connectivity index is 2.11. The van der Waals surface area contributed by atoms with Gasteiger partial charge < -0.3 is 10.4 Å². The number of aromatic nitrogens is 3. The molecule has 0 aliphatic rings. The van der Waals surface area contributed by atoms with Crippen LogP contribution in [0.4, 0.5) is 0 Å². The Morgan fingerprint density at radius 1 is 1.36 bits per heavy atom. The standard InChI is InChI=1S/C16H24N4O2/c1-11(2)10-20-15-13(9-18-20)7-14(8-17-15)16(22)19-12(3)5-4-6-21/h7-9,11-12,21H,4-6,10H2,1-3H3,(H,19,22). The summed E-state index contributed by atoms with van der Waals surface area (Å²) in [5, 5.41) is 16.9. The normalized spacial score (nSPS) is 12.8. The summed E-state index contributed by atoms with van der Waals surface area (Å²) in [7, 11) is 0. The monoisotopic (exact) mass is 304 g/mol. The lowest BCUT2D eigenvalue weighted by Gasteiger charge is -2.13. The number of pyridine rings is 1. The first-order chi connectivity index (χ1) is 10.5. The Hall–Kier alpha value is -1.95. The molecule has 2 aromatic rings. The van der Waals surface area contributed by atoms with Crippen LogP contribution in [0.25, 0.3) is 11.0 Å². The zero-order valence-corrected chi connectivity index (χ0v) is 13.4. The van der Waals surface area contributed by atoms with E-state index in [0.29, 0.717) is 17.9 Å². The number of carbonyl (C=O) groups is 1. The summed E-state index contributed by atoms with van der Waals surface area (Å²) in [4.78, 5) is 16.6. The molecule has 120 valence electrons. The molecule has 6 heteroatoms. The Labute approximate surface area is 130 Å². The lowest BCUT2D eigenvalue weighted by Crippen LogP contribution is -2.32. The van der Waals surface area contributed by atoms with Crippen LogP contribution in [0.15, 0.2) is 18.5 Å². The summed E-state index contributed by atoms with van der Waals surface area (Å²) in [5.74, 6) is 0.344. The molecule has 1 amide bonds. The molecule has 0 aromatic carbocycles. The molecule has 0 aliphatic heterocycles. The molecule has 2 aromatic heterocycles. The molecule has 0 saturated carbocycles. The quantitative estimate of drug-likeness (QED) is 0.819. The highest BCUT2D eigenvalue weighted by Gasteiger charge is 2.13. The Morgan fingerprint density at radius 2 is 2.14 bits per heavy atom. The van der Waals surface area contributed by atoms with Gasteiger partial charge in [0.25, 0.3) is 5.91 Å². The number of aliphatic hydroxyl groups excluding tert-OH is 1. The minimum absolute atomic E-state index is 0.0269. The first-order valence-electron chi connectivity index (χ1n) is 7.74. The molecule has 0 fully saturated rings. The molecule has 22 heavy (non-hydrogen) atoms. The SMILES string of the molecule is CC(C)Cn1ncc2cc(C(=O)NC(C)CCCO)cnc21.